The zero-order valence-electron chi connectivity index (χ0n) is 7.76. The van der Waals surface area contributed by atoms with Crippen LogP contribution in [0.15, 0.2) is 23.0 Å². The molecule has 0 aliphatic heterocycles. The van der Waals surface area contributed by atoms with E-state index in [1.54, 1.807) is 12.5 Å². The van der Waals surface area contributed by atoms with Gasteiger partial charge in [0.05, 0.1) is 18.1 Å². The van der Waals surface area contributed by atoms with Crippen LogP contribution in [0.25, 0.3) is 0 Å². The SMILES string of the molecule is CC(C)(C)ONCc1ccoc1. The number of furan rings is 1. The Kier molecular flexibility index (Phi) is 2.89. The van der Waals surface area contributed by atoms with Crippen molar-refractivity contribution in [3.05, 3.63) is 24.2 Å². The van der Waals surface area contributed by atoms with Crippen molar-refractivity contribution in [3.8, 4) is 0 Å². The highest BCUT2D eigenvalue weighted by molar-refractivity contribution is 5.03. The van der Waals surface area contributed by atoms with Crippen LogP contribution >= 0.6 is 0 Å². The quantitative estimate of drug-likeness (QED) is 0.703. The van der Waals surface area contributed by atoms with Gasteiger partial charge in [0.2, 0.25) is 0 Å². The highest BCUT2D eigenvalue weighted by atomic mass is 16.7. The Morgan fingerprint density at radius 1 is 1.50 bits per heavy atom. The van der Waals surface area contributed by atoms with Gasteiger partial charge in [-0.25, -0.2) is 0 Å². The summed E-state index contributed by atoms with van der Waals surface area (Å²) < 4.78 is 4.90. The topological polar surface area (TPSA) is 34.4 Å². The lowest BCUT2D eigenvalue weighted by Crippen LogP contribution is -2.28. The summed E-state index contributed by atoms with van der Waals surface area (Å²) in [5.74, 6) is 0. The maximum absolute atomic E-state index is 5.31. The summed E-state index contributed by atoms with van der Waals surface area (Å²) in [6, 6.07) is 1.90. The third-order valence-corrected chi connectivity index (χ3v) is 1.23. The van der Waals surface area contributed by atoms with Crippen LogP contribution in [0.3, 0.4) is 0 Å². The molecule has 1 heterocycles. The Bertz CT molecular complexity index is 211. The van der Waals surface area contributed by atoms with Crippen molar-refractivity contribution >= 4 is 0 Å². The van der Waals surface area contributed by atoms with Gasteiger partial charge in [-0.1, -0.05) is 0 Å². The van der Waals surface area contributed by atoms with E-state index in [2.05, 4.69) is 5.48 Å². The van der Waals surface area contributed by atoms with Gasteiger partial charge in [0, 0.05) is 12.1 Å². The average Bonchev–Trinajstić information content (AvgIpc) is 2.36. The minimum absolute atomic E-state index is 0.149. The van der Waals surface area contributed by atoms with E-state index in [-0.39, 0.29) is 5.60 Å². The van der Waals surface area contributed by atoms with Gasteiger partial charge in [0.25, 0.3) is 0 Å². The van der Waals surface area contributed by atoms with Crippen molar-refractivity contribution < 1.29 is 9.25 Å². The first-order valence-electron chi connectivity index (χ1n) is 4.00. The molecule has 0 aromatic carbocycles. The van der Waals surface area contributed by atoms with Crippen LogP contribution in [0.1, 0.15) is 26.3 Å². The first-order valence-corrected chi connectivity index (χ1v) is 4.00. The van der Waals surface area contributed by atoms with Crippen LogP contribution in [-0.4, -0.2) is 5.60 Å². The molecule has 1 rings (SSSR count). The minimum Gasteiger partial charge on any atom is -0.472 e. The van der Waals surface area contributed by atoms with Crippen LogP contribution in [0.4, 0.5) is 0 Å². The van der Waals surface area contributed by atoms with Crippen molar-refractivity contribution in [3.63, 3.8) is 0 Å². The van der Waals surface area contributed by atoms with Crippen LogP contribution in [-0.2, 0) is 11.4 Å². The lowest BCUT2D eigenvalue weighted by atomic mass is 10.2. The second kappa shape index (κ2) is 3.74. The van der Waals surface area contributed by atoms with E-state index < -0.39 is 0 Å². The fraction of sp³-hybridized carbons (Fsp3) is 0.556. The van der Waals surface area contributed by atoms with E-state index in [0.717, 1.165) is 5.56 Å². The molecule has 0 fully saturated rings. The van der Waals surface area contributed by atoms with Gasteiger partial charge in [-0.05, 0) is 26.8 Å². The lowest BCUT2D eigenvalue weighted by Gasteiger charge is -2.18. The number of nitrogens with one attached hydrogen (secondary N) is 1. The van der Waals surface area contributed by atoms with E-state index in [1.165, 1.54) is 0 Å². The molecule has 0 saturated carbocycles. The molecule has 0 bridgehead atoms. The standard InChI is InChI=1S/C9H15NO2/c1-9(2,3)12-10-6-8-4-5-11-7-8/h4-5,7,10H,6H2,1-3H3. The molecule has 3 nitrogen and oxygen atoms in total. The van der Waals surface area contributed by atoms with Crippen LogP contribution in [0, 0.1) is 0 Å². The largest absolute Gasteiger partial charge is 0.472 e. The normalized spacial score (nSPS) is 11.9. The molecular formula is C9H15NO2. The summed E-state index contributed by atoms with van der Waals surface area (Å²) in [4.78, 5) is 5.31. The van der Waals surface area contributed by atoms with Crippen molar-refractivity contribution in [2.45, 2.75) is 32.9 Å². The van der Waals surface area contributed by atoms with E-state index in [1.807, 2.05) is 26.8 Å². The number of hydrogen-bond donors (Lipinski definition) is 1. The van der Waals surface area contributed by atoms with Gasteiger partial charge in [-0.15, -0.1) is 0 Å². The van der Waals surface area contributed by atoms with Gasteiger partial charge >= 0.3 is 0 Å². The van der Waals surface area contributed by atoms with Gasteiger partial charge in [-0.3, -0.25) is 4.84 Å². The third kappa shape index (κ3) is 3.55. The summed E-state index contributed by atoms with van der Waals surface area (Å²) in [5.41, 5.74) is 3.80. The van der Waals surface area contributed by atoms with E-state index in [4.69, 9.17) is 9.25 Å². The summed E-state index contributed by atoms with van der Waals surface area (Å²) in [5, 5.41) is 0. The number of rotatable bonds is 3. The maximum atomic E-state index is 5.31. The second-order valence-corrected chi connectivity index (χ2v) is 3.67. The monoisotopic (exact) mass is 169 g/mol. The van der Waals surface area contributed by atoms with Gasteiger partial charge < -0.3 is 4.42 Å². The molecule has 1 aromatic heterocycles. The first-order chi connectivity index (χ1) is 5.58. The molecule has 3 heteroatoms. The molecule has 1 N–H and O–H groups in total. The molecule has 1 aromatic rings. The van der Waals surface area contributed by atoms with Crippen LogP contribution in [0.2, 0.25) is 0 Å². The Morgan fingerprint density at radius 3 is 2.75 bits per heavy atom. The van der Waals surface area contributed by atoms with Crippen LogP contribution < -0.4 is 5.48 Å². The fourth-order valence-corrected chi connectivity index (χ4v) is 0.729. The molecule has 0 radical (unpaired) electrons. The van der Waals surface area contributed by atoms with Crippen molar-refractivity contribution in [2.75, 3.05) is 0 Å². The molecular weight excluding hydrogens is 154 g/mol. The Hall–Kier alpha value is -0.800. The Balaban J connectivity index is 2.20. The minimum atomic E-state index is -0.149. The van der Waals surface area contributed by atoms with Crippen molar-refractivity contribution in [2.24, 2.45) is 0 Å². The summed E-state index contributed by atoms with van der Waals surface area (Å²) in [6.45, 7) is 6.66. The number of hydroxylamine groups is 1. The maximum Gasteiger partial charge on any atom is 0.0948 e. The summed E-state index contributed by atoms with van der Waals surface area (Å²) >= 11 is 0. The van der Waals surface area contributed by atoms with E-state index in [0.29, 0.717) is 6.54 Å². The molecule has 68 valence electrons. The fourth-order valence-electron chi connectivity index (χ4n) is 0.729. The highest BCUT2D eigenvalue weighted by Gasteiger charge is 2.09. The molecule has 0 aliphatic rings. The van der Waals surface area contributed by atoms with Gasteiger partial charge in [0.1, 0.15) is 0 Å². The summed E-state index contributed by atoms with van der Waals surface area (Å²) in [7, 11) is 0. The molecule has 0 spiro atoms. The molecule has 12 heavy (non-hydrogen) atoms. The first kappa shape index (κ1) is 9.29. The van der Waals surface area contributed by atoms with E-state index in [9.17, 15) is 0 Å². The van der Waals surface area contributed by atoms with Crippen molar-refractivity contribution in [1.82, 2.24) is 5.48 Å². The molecule has 0 unspecified atom stereocenters. The predicted octanol–water partition coefficient (Wildman–Crippen LogP) is 2.10. The van der Waals surface area contributed by atoms with E-state index >= 15 is 0 Å². The summed E-state index contributed by atoms with van der Waals surface area (Å²) in [6.07, 6.45) is 3.34. The van der Waals surface area contributed by atoms with Crippen LogP contribution in [0.5, 0.6) is 0 Å². The predicted molar refractivity (Wildman–Crippen MR) is 46.4 cm³/mol. The zero-order valence-corrected chi connectivity index (χ0v) is 7.76. The molecule has 0 saturated heterocycles. The van der Waals surface area contributed by atoms with Gasteiger partial charge in [-0.2, -0.15) is 5.48 Å². The smallest absolute Gasteiger partial charge is 0.0948 e. The molecule has 0 aliphatic carbocycles. The number of hydrogen-bond acceptors (Lipinski definition) is 3. The molecule has 0 amide bonds. The average molecular weight is 169 g/mol. The Labute approximate surface area is 72.7 Å². The van der Waals surface area contributed by atoms with Crippen molar-refractivity contribution in [1.29, 1.82) is 0 Å². The molecule has 0 atom stereocenters. The van der Waals surface area contributed by atoms with Gasteiger partial charge in [0.15, 0.2) is 0 Å². The highest BCUT2D eigenvalue weighted by Crippen LogP contribution is 2.05. The second-order valence-electron chi connectivity index (χ2n) is 3.67. The zero-order chi connectivity index (χ0) is 9.03. The third-order valence-electron chi connectivity index (χ3n) is 1.23. The lowest BCUT2D eigenvalue weighted by molar-refractivity contribution is -0.0758. The Morgan fingerprint density at radius 2 is 2.25 bits per heavy atom.